The Morgan fingerprint density at radius 1 is 0.737 bits per heavy atom. The molecule has 0 aromatic heterocycles. The molecule has 4 unspecified atom stereocenters. The summed E-state index contributed by atoms with van der Waals surface area (Å²) in [5, 5.41) is 23.8. The predicted octanol–water partition coefficient (Wildman–Crippen LogP) is 5.22. The zero-order valence-corrected chi connectivity index (χ0v) is 22.9. The first kappa shape index (κ1) is 31.1. The summed E-state index contributed by atoms with van der Waals surface area (Å²) in [5.41, 5.74) is -0.302. The van der Waals surface area contributed by atoms with Crippen LogP contribution >= 0.6 is 21.6 Å². The van der Waals surface area contributed by atoms with Gasteiger partial charge in [-0.3, -0.25) is 9.59 Å². The van der Waals surface area contributed by atoms with Gasteiger partial charge in [0.1, 0.15) is 23.7 Å². The first-order valence-electron chi connectivity index (χ1n) is 11.9. The van der Waals surface area contributed by atoms with Crippen molar-refractivity contribution in [1.29, 1.82) is 0 Å². The fourth-order valence-corrected chi connectivity index (χ4v) is 5.91. The van der Waals surface area contributed by atoms with Crippen molar-refractivity contribution in [1.82, 2.24) is 10.6 Å². The Morgan fingerprint density at radius 3 is 1.37 bits per heavy atom. The van der Waals surface area contributed by atoms with Crippen molar-refractivity contribution in [3.05, 3.63) is 59.2 Å². The highest BCUT2D eigenvalue weighted by atomic mass is 33.1. The number of halogens is 2. The molecule has 38 heavy (non-hydrogen) atoms. The lowest BCUT2D eigenvalue weighted by Gasteiger charge is -2.21. The monoisotopic (exact) mass is 568 g/mol. The van der Waals surface area contributed by atoms with E-state index in [0.717, 1.165) is 12.1 Å². The maximum absolute atomic E-state index is 14.8. The molecule has 206 valence electrons. The minimum absolute atomic E-state index is 0.151. The zero-order chi connectivity index (χ0) is 28.6. The lowest BCUT2D eigenvalue weighted by atomic mass is 9.99. The number of benzene rings is 2. The lowest BCUT2D eigenvalue weighted by Crippen LogP contribution is -2.45. The van der Waals surface area contributed by atoms with Crippen LogP contribution in [0.5, 0.6) is 0 Å². The highest BCUT2D eigenvalue weighted by Crippen LogP contribution is 2.43. The second kappa shape index (κ2) is 14.1. The number of carboxylic acid groups (broad SMARTS) is 2. The molecule has 12 heteroatoms. The van der Waals surface area contributed by atoms with Gasteiger partial charge in [0.2, 0.25) is 0 Å². The molecule has 2 amide bonds. The molecule has 4 atom stereocenters. The second-order valence-corrected chi connectivity index (χ2v) is 10.9. The summed E-state index contributed by atoms with van der Waals surface area (Å²) in [5.74, 6) is -6.46. The lowest BCUT2D eigenvalue weighted by molar-refractivity contribution is -0.141. The number of hydrogen-bond acceptors (Lipinski definition) is 6. The Morgan fingerprint density at radius 2 is 1.08 bits per heavy atom. The van der Waals surface area contributed by atoms with Gasteiger partial charge in [0, 0.05) is 0 Å². The molecular weight excluding hydrogens is 538 g/mol. The fourth-order valence-electron chi connectivity index (χ4n) is 3.43. The van der Waals surface area contributed by atoms with Gasteiger partial charge < -0.3 is 20.8 Å². The molecule has 0 aliphatic carbocycles. The van der Waals surface area contributed by atoms with E-state index < -0.39 is 47.5 Å². The largest absolute Gasteiger partial charge is 0.480 e. The molecule has 8 nitrogen and oxygen atoms in total. The van der Waals surface area contributed by atoms with Gasteiger partial charge in [-0.2, -0.15) is 0 Å². The van der Waals surface area contributed by atoms with Crippen LogP contribution in [-0.4, -0.2) is 46.0 Å². The number of carboxylic acids is 2. The Bertz CT molecular complexity index is 1100. The molecule has 2 rings (SSSR count). The Hall–Kier alpha value is -3.12. The van der Waals surface area contributed by atoms with Crippen LogP contribution < -0.4 is 10.6 Å². The molecule has 0 aliphatic rings. The van der Waals surface area contributed by atoms with Crippen LogP contribution in [0.25, 0.3) is 0 Å². The molecule has 0 heterocycles. The summed E-state index contributed by atoms with van der Waals surface area (Å²) in [7, 11) is 1.37. The van der Waals surface area contributed by atoms with Crippen molar-refractivity contribution in [3.63, 3.8) is 0 Å². The summed E-state index contributed by atoms with van der Waals surface area (Å²) >= 11 is 0. The summed E-state index contributed by atoms with van der Waals surface area (Å²) in [6.07, 6.45) is 0.964. The van der Waals surface area contributed by atoms with Crippen LogP contribution in [0.3, 0.4) is 0 Å². The predicted molar refractivity (Wildman–Crippen MR) is 141 cm³/mol. The fraction of sp³-hybridized carbons (Fsp3) is 0.385. The van der Waals surface area contributed by atoms with E-state index in [2.05, 4.69) is 10.6 Å². The quantitative estimate of drug-likeness (QED) is 0.242. The maximum atomic E-state index is 14.8. The maximum Gasteiger partial charge on any atom is 0.326 e. The van der Waals surface area contributed by atoms with Crippen LogP contribution in [0.15, 0.2) is 46.2 Å². The molecule has 0 bridgehead atoms. The van der Waals surface area contributed by atoms with Gasteiger partial charge in [-0.25, -0.2) is 18.4 Å². The summed E-state index contributed by atoms with van der Waals surface area (Å²) in [6, 6.07) is 5.02. The number of nitrogens with one attached hydrogen (secondary N) is 2. The normalized spacial score (nSPS) is 14.2. The average Bonchev–Trinajstić information content (AvgIpc) is 2.88. The van der Waals surface area contributed by atoms with Crippen LogP contribution in [0, 0.1) is 23.5 Å². The standard InChI is InChI=1S/C26H30F2N2O6S2/c1-5-13(3)19(25(33)34)29-23(31)15-9-7-11-17(27)21(15)37-38-22-16(10-8-12-18(22)28)24(32)30-20(26(35)36)14(4)6-2/h7-14,19-20H,5-6H2,1-4H3,(H,29,31)(H,30,32)(H,33,34)(H,35,36). The number of carbonyl (C=O) groups is 4. The molecule has 0 fully saturated rings. The molecule has 0 radical (unpaired) electrons. The van der Waals surface area contributed by atoms with Crippen molar-refractivity contribution in [2.45, 2.75) is 62.4 Å². The van der Waals surface area contributed by atoms with Gasteiger partial charge in [-0.15, -0.1) is 0 Å². The van der Waals surface area contributed by atoms with Crippen LogP contribution in [0.2, 0.25) is 0 Å². The van der Waals surface area contributed by atoms with Gasteiger partial charge in [-0.1, -0.05) is 52.7 Å². The van der Waals surface area contributed by atoms with Gasteiger partial charge in [0.15, 0.2) is 0 Å². The number of amides is 2. The Labute approximate surface area is 227 Å². The van der Waals surface area contributed by atoms with Crippen molar-refractivity contribution in [3.8, 4) is 0 Å². The van der Waals surface area contributed by atoms with E-state index in [1.54, 1.807) is 27.7 Å². The average molecular weight is 569 g/mol. The molecule has 2 aromatic carbocycles. The number of carbonyl (C=O) groups excluding carboxylic acids is 2. The number of aliphatic carboxylic acids is 2. The van der Waals surface area contributed by atoms with E-state index in [9.17, 15) is 38.2 Å². The summed E-state index contributed by atoms with van der Waals surface area (Å²) < 4.78 is 29.6. The zero-order valence-electron chi connectivity index (χ0n) is 21.3. The topological polar surface area (TPSA) is 133 Å². The summed E-state index contributed by atoms with van der Waals surface area (Å²) in [6.45, 7) is 6.88. The molecule has 4 N–H and O–H groups in total. The third kappa shape index (κ3) is 7.70. The van der Waals surface area contributed by atoms with Gasteiger partial charge in [-0.05, 0) is 57.7 Å². The first-order valence-corrected chi connectivity index (χ1v) is 14.1. The van der Waals surface area contributed by atoms with Crippen molar-refractivity contribution in [2.75, 3.05) is 0 Å². The minimum Gasteiger partial charge on any atom is -0.480 e. The van der Waals surface area contributed by atoms with Gasteiger partial charge >= 0.3 is 11.9 Å². The second-order valence-electron chi connectivity index (χ2n) is 8.75. The molecular formula is C26H30F2N2O6S2. The van der Waals surface area contributed by atoms with E-state index >= 15 is 0 Å². The summed E-state index contributed by atoms with van der Waals surface area (Å²) in [4.78, 5) is 48.8. The van der Waals surface area contributed by atoms with E-state index in [1.807, 2.05) is 0 Å². The Kier molecular flexibility index (Phi) is 11.6. The van der Waals surface area contributed by atoms with Gasteiger partial charge in [0.25, 0.3) is 11.8 Å². The van der Waals surface area contributed by atoms with Crippen molar-refractivity contribution in [2.24, 2.45) is 11.8 Å². The number of hydrogen-bond donors (Lipinski definition) is 4. The molecule has 0 saturated heterocycles. The highest BCUT2D eigenvalue weighted by molar-refractivity contribution is 8.76. The molecule has 2 aromatic rings. The van der Waals surface area contributed by atoms with Crippen LogP contribution in [0.4, 0.5) is 8.78 Å². The first-order chi connectivity index (χ1) is 17.9. The highest BCUT2D eigenvalue weighted by Gasteiger charge is 2.29. The Balaban J connectivity index is 2.35. The SMILES string of the molecule is CCC(C)C(NC(=O)c1cccc(F)c1SSc1c(F)cccc1C(=O)NC(C(=O)O)C(C)CC)C(=O)O. The third-order valence-electron chi connectivity index (χ3n) is 6.16. The van der Waals surface area contributed by atoms with E-state index in [4.69, 9.17) is 0 Å². The van der Waals surface area contributed by atoms with Crippen molar-refractivity contribution >= 4 is 45.3 Å². The molecule has 0 saturated carbocycles. The van der Waals surface area contributed by atoms with Crippen LogP contribution in [-0.2, 0) is 9.59 Å². The third-order valence-corrected chi connectivity index (χ3v) is 8.66. The van der Waals surface area contributed by atoms with Gasteiger partial charge in [0.05, 0.1) is 20.9 Å². The number of rotatable bonds is 13. The van der Waals surface area contributed by atoms with Crippen molar-refractivity contribution < 1.29 is 38.2 Å². The van der Waals surface area contributed by atoms with E-state index in [1.165, 1.54) is 24.3 Å². The minimum atomic E-state index is -1.23. The molecule has 0 spiro atoms. The van der Waals surface area contributed by atoms with Crippen LogP contribution in [0.1, 0.15) is 61.3 Å². The van der Waals surface area contributed by atoms with E-state index in [0.29, 0.717) is 34.4 Å². The smallest absolute Gasteiger partial charge is 0.326 e. The molecule has 0 aliphatic heterocycles. The van der Waals surface area contributed by atoms with E-state index in [-0.39, 0.29) is 32.8 Å².